The van der Waals surface area contributed by atoms with E-state index in [9.17, 15) is 9.90 Å². The lowest BCUT2D eigenvalue weighted by molar-refractivity contribution is -0.144. The molecule has 1 fully saturated rings. The van der Waals surface area contributed by atoms with Crippen molar-refractivity contribution in [2.45, 2.75) is 58.5 Å². The average Bonchev–Trinajstić information content (AvgIpc) is 3.01. The first-order valence-corrected chi connectivity index (χ1v) is 9.85. The standard InChI is InChI=1S/C21H28ClN3O2/c1-14-9-10-15(20(26)27)11-24(14)12-16-13-25(23-19(16)21(2,3)4)18-8-6-5-7-17(18)22/h5-8,13-15H,9-12H2,1-4H3,(H,26,27). The Labute approximate surface area is 165 Å². The maximum absolute atomic E-state index is 11.5. The van der Waals surface area contributed by atoms with Gasteiger partial charge in [0.2, 0.25) is 0 Å². The minimum atomic E-state index is -0.699. The van der Waals surface area contributed by atoms with E-state index in [0.29, 0.717) is 24.2 Å². The van der Waals surface area contributed by atoms with Gasteiger partial charge in [0.05, 0.1) is 22.3 Å². The minimum Gasteiger partial charge on any atom is -0.481 e. The second-order valence-electron chi connectivity index (χ2n) is 8.54. The average molecular weight is 390 g/mol. The Hall–Kier alpha value is -1.85. The van der Waals surface area contributed by atoms with Gasteiger partial charge in [-0.05, 0) is 31.9 Å². The second-order valence-corrected chi connectivity index (χ2v) is 8.95. The molecule has 0 saturated carbocycles. The number of rotatable bonds is 4. The third-order valence-electron chi connectivity index (χ3n) is 5.33. The van der Waals surface area contributed by atoms with Crippen LogP contribution in [0.2, 0.25) is 5.02 Å². The number of nitrogens with zero attached hydrogens (tertiary/aromatic N) is 3. The first-order valence-electron chi connectivity index (χ1n) is 9.47. The topological polar surface area (TPSA) is 58.4 Å². The van der Waals surface area contributed by atoms with Crippen LogP contribution in [-0.4, -0.2) is 38.3 Å². The highest BCUT2D eigenvalue weighted by Gasteiger charge is 2.32. The number of piperidine rings is 1. The van der Waals surface area contributed by atoms with Gasteiger partial charge in [0.15, 0.2) is 0 Å². The fourth-order valence-electron chi connectivity index (χ4n) is 3.74. The summed E-state index contributed by atoms with van der Waals surface area (Å²) in [6.07, 6.45) is 3.69. The first kappa shape index (κ1) is 19.9. The lowest BCUT2D eigenvalue weighted by Gasteiger charge is -2.36. The van der Waals surface area contributed by atoms with Crippen molar-refractivity contribution in [3.8, 4) is 5.69 Å². The first-order chi connectivity index (χ1) is 12.7. The van der Waals surface area contributed by atoms with Gasteiger partial charge < -0.3 is 5.11 Å². The van der Waals surface area contributed by atoms with E-state index in [4.69, 9.17) is 16.7 Å². The van der Waals surface area contributed by atoms with Crippen molar-refractivity contribution in [2.24, 2.45) is 5.92 Å². The van der Waals surface area contributed by atoms with Gasteiger partial charge in [-0.25, -0.2) is 4.68 Å². The van der Waals surface area contributed by atoms with Crippen LogP contribution in [-0.2, 0) is 16.8 Å². The number of aromatic nitrogens is 2. The number of carbonyl (C=O) groups is 1. The Morgan fingerprint density at radius 1 is 1.30 bits per heavy atom. The number of hydrogen-bond donors (Lipinski definition) is 1. The summed E-state index contributed by atoms with van der Waals surface area (Å²) >= 11 is 6.37. The van der Waals surface area contributed by atoms with E-state index in [0.717, 1.165) is 29.8 Å². The molecule has 1 aliphatic rings. The molecule has 1 aromatic heterocycles. The molecule has 27 heavy (non-hydrogen) atoms. The van der Waals surface area contributed by atoms with Gasteiger partial charge >= 0.3 is 5.97 Å². The zero-order valence-electron chi connectivity index (χ0n) is 16.4. The fraction of sp³-hybridized carbons (Fsp3) is 0.524. The Balaban J connectivity index is 1.94. The Morgan fingerprint density at radius 3 is 2.63 bits per heavy atom. The van der Waals surface area contributed by atoms with Gasteiger partial charge in [-0.15, -0.1) is 0 Å². The highest BCUT2D eigenvalue weighted by atomic mass is 35.5. The van der Waals surface area contributed by atoms with Gasteiger partial charge in [0.25, 0.3) is 0 Å². The predicted molar refractivity (Wildman–Crippen MR) is 108 cm³/mol. The van der Waals surface area contributed by atoms with Crippen molar-refractivity contribution >= 4 is 17.6 Å². The maximum atomic E-state index is 11.5. The molecule has 1 saturated heterocycles. The molecule has 0 radical (unpaired) electrons. The van der Waals surface area contributed by atoms with Gasteiger partial charge in [-0.1, -0.05) is 44.5 Å². The van der Waals surface area contributed by atoms with Crippen LogP contribution in [0.25, 0.3) is 5.69 Å². The number of para-hydroxylation sites is 1. The molecule has 0 bridgehead atoms. The molecular weight excluding hydrogens is 362 g/mol. The summed E-state index contributed by atoms with van der Waals surface area (Å²) in [5.74, 6) is -0.993. The molecule has 1 aliphatic heterocycles. The maximum Gasteiger partial charge on any atom is 0.307 e. The Bertz CT molecular complexity index is 825. The van der Waals surface area contributed by atoms with E-state index in [1.807, 2.05) is 35.1 Å². The summed E-state index contributed by atoms with van der Waals surface area (Å²) in [7, 11) is 0. The van der Waals surface area contributed by atoms with Gasteiger partial charge in [0, 0.05) is 36.3 Å². The molecule has 0 spiro atoms. The van der Waals surface area contributed by atoms with E-state index < -0.39 is 5.97 Å². The summed E-state index contributed by atoms with van der Waals surface area (Å²) in [5.41, 5.74) is 2.88. The summed E-state index contributed by atoms with van der Waals surface area (Å²) in [6.45, 7) is 9.90. The number of aliphatic carboxylic acids is 1. The van der Waals surface area contributed by atoms with E-state index in [-0.39, 0.29) is 11.3 Å². The highest BCUT2D eigenvalue weighted by Crippen LogP contribution is 2.30. The molecule has 6 heteroatoms. The van der Waals surface area contributed by atoms with Gasteiger partial charge in [0.1, 0.15) is 0 Å². The summed E-state index contributed by atoms with van der Waals surface area (Å²) in [4.78, 5) is 13.7. The van der Waals surface area contributed by atoms with Gasteiger partial charge in [-0.3, -0.25) is 9.69 Å². The van der Waals surface area contributed by atoms with Crippen LogP contribution >= 0.6 is 11.6 Å². The lowest BCUT2D eigenvalue weighted by atomic mass is 9.88. The molecule has 5 nitrogen and oxygen atoms in total. The van der Waals surface area contributed by atoms with Crippen LogP contribution in [0.4, 0.5) is 0 Å². The number of carboxylic acid groups (broad SMARTS) is 1. The molecule has 2 unspecified atom stereocenters. The molecule has 2 aromatic rings. The van der Waals surface area contributed by atoms with Gasteiger partial charge in [-0.2, -0.15) is 5.10 Å². The van der Waals surface area contributed by atoms with Crippen molar-refractivity contribution in [2.75, 3.05) is 6.54 Å². The number of hydrogen-bond acceptors (Lipinski definition) is 3. The van der Waals surface area contributed by atoms with E-state index >= 15 is 0 Å². The van der Waals surface area contributed by atoms with Crippen LogP contribution in [0.5, 0.6) is 0 Å². The third kappa shape index (κ3) is 4.36. The Morgan fingerprint density at radius 2 is 2.00 bits per heavy atom. The van der Waals surface area contributed by atoms with Crippen molar-refractivity contribution in [3.63, 3.8) is 0 Å². The van der Waals surface area contributed by atoms with Crippen molar-refractivity contribution < 1.29 is 9.90 Å². The lowest BCUT2D eigenvalue weighted by Crippen LogP contribution is -2.43. The normalized spacial score (nSPS) is 21.4. The van der Waals surface area contributed by atoms with Crippen LogP contribution in [0, 0.1) is 5.92 Å². The molecule has 2 atom stereocenters. The fourth-order valence-corrected chi connectivity index (χ4v) is 3.96. The molecule has 0 amide bonds. The zero-order valence-corrected chi connectivity index (χ0v) is 17.2. The number of carboxylic acids is 1. The molecule has 146 valence electrons. The number of benzene rings is 1. The SMILES string of the molecule is CC1CCC(C(=O)O)CN1Cc1cn(-c2ccccc2Cl)nc1C(C)(C)C. The van der Waals surface area contributed by atoms with E-state index in [1.54, 1.807) is 0 Å². The molecule has 2 heterocycles. The third-order valence-corrected chi connectivity index (χ3v) is 5.65. The molecule has 1 aromatic carbocycles. The molecule has 1 N–H and O–H groups in total. The van der Waals surface area contributed by atoms with Crippen molar-refractivity contribution in [1.29, 1.82) is 0 Å². The minimum absolute atomic E-state index is 0.118. The van der Waals surface area contributed by atoms with Crippen molar-refractivity contribution in [1.82, 2.24) is 14.7 Å². The quantitative estimate of drug-likeness (QED) is 0.835. The van der Waals surface area contributed by atoms with E-state index in [2.05, 4.69) is 32.6 Å². The van der Waals surface area contributed by atoms with Crippen LogP contribution < -0.4 is 0 Å². The van der Waals surface area contributed by atoms with E-state index in [1.165, 1.54) is 0 Å². The van der Waals surface area contributed by atoms with Crippen LogP contribution in [0.1, 0.15) is 51.8 Å². The smallest absolute Gasteiger partial charge is 0.307 e. The summed E-state index contributed by atoms with van der Waals surface area (Å²) in [6, 6.07) is 8.03. The molecule has 0 aliphatic carbocycles. The zero-order chi connectivity index (χ0) is 19.8. The van der Waals surface area contributed by atoms with Crippen LogP contribution in [0.3, 0.4) is 0 Å². The van der Waals surface area contributed by atoms with Crippen LogP contribution in [0.15, 0.2) is 30.5 Å². The number of halogens is 1. The monoisotopic (exact) mass is 389 g/mol. The summed E-state index contributed by atoms with van der Waals surface area (Å²) in [5, 5.41) is 14.9. The second kappa shape index (κ2) is 7.64. The largest absolute Gasteiger partial charge is 0.481 e. The molecule has 3 rings (SSSR count). The Kier molecular flexibility index (Phi) is 5.63. The highest BCUT2D eigenvalue weighted by molar-refractivity contribution is 6.32. The molecular formula is C21H28ClN3O2. The summed E-state index contributed by atoms with van der Waals surface area (Å²) < 4.78 is 1.85. The number of likely N-dealkylation sites (tertiary alicyclic amines) is 1. The predicted octanol–water partition coefficient (Wildman–Crippen LogP) is 4.51. The van der Waals surface area contributed by atoms with Crippen molar-refractivity contribution in [3.05, 3.63) is 46.7 Å².